The van der Waals surface area contributed by atoms with Gasteiger partial charge in [-0.3, -0.25) is 9.69 Å². The van der Waals surface area contributed by atoms with Crippen LogP contribution in [0.25, 0.3) is 0 Å². The van der Waals surface area contributed by atoms with E-state index in [-0.39, 0.29) is 18.6 Å². The van der Waals surface area contributed by atoms with Gasteiger partial charge in [-0.05, 0) is 17.7 Å². The second-order valence-corrected chi connectivity index (χ2v) is 5.96. The summed E-state index contributed by atoms with van der Waals surface area (Å²) in [4.78, 5) is 16.2. The van der Waals surface area contributed by atoms with Gasteiger partial charge in [0.25, 0.3) is 5.91 Å². The predicted molar refractivity (Wildman–Crippen MR) is 94.9 cm³/mol. The van der Waals surface area contributed by atoms with Gasteiger partial charge in [-0.15, -0.1) is 0 Å². The fourth-order valence-corrected chi connectivity index (χ4v) is 2.98. The number of benzene rings is 2. The zero-order chi connectivity index (χ0) is 17.5. The van der Waals surface area contributed by atoms with Gasteiger partial charge in [-0.1, -0.05) is 48.5 Å². The third kappa shape index (κ3) is 4.37. The van der Waals surface area contributed by atoms with Crippen molar-refractivity contribution in [2.24, 2.45) is 0 Å². The molecule has 0 bridgehead atoms. The molecule has 0 spiro atoms. The van der Waals surface area contributed by atoms with Crippen molar-refractivity contribution in [2.75, 3.05) is 32.8 Å². The summed E-state index contributed by atoms with van der Waals surface area (Å²) in [6, 6.07) is 21.2. The minimum absolute atomic E-state index is 0.0169. The normalized spacial score (nSPS) is 16.0. The van der Waals surface area contributed by atoms with E-state index in [0.29, 0.717) is 31.9 Å². The molecule has 1 amide bonds. The number of nitriles is 1. The van der Waals surface area contributed by atoms with E-state index in [4.69, 9.17) is 4.74 Å². The molecule has 1 fully saturated rings. The Morgan fingerprint density at radius 2 is 1.60 bits per heavy atom. The van der Waals surface area contributed by atoms with Gasteiger partial charge in [-0.2, -0.15) is 5.26 Å². The number of para-hydroxylation sites is 1. The molecule has 1 saturated heterocycles. The first-order chi connectivity index (χ1) is 12.3. The van der Waals surface area contributed by atoms with Crippen molar-refractivity contribution in [2.45, 2.75) is 6.04 Å². The summed E-state index contributed by atoms with van der Waals surface area (Å²) in [5, 5.41) is 9.52. The van der Waals surface area contributed by atoms with Gasteiger partial charge in [0.2, 0.25) is 0 Å². The summed E-state index contributed by atoms with van der Waals surface area (Å²) >= 11 is 0. The van der Waals surface area contributed by atoms with Gasteiger partial charge < -0.3 is 9.64 Å². The number of rotatable bonds is 5. The number of carbonyl (C=O) groups is 1. The number of carbonyl (C=O) groups excluding carboxylic acids is 1. The Kier molecular flexibility index (Phi) is 5.65. The molecule has 3 rings (SSSR count). The van der Waals surface area contributed by atoms with Gasteiger partial charge in [0.1, 0.15) is 11.8 Å². The third-order valence-electron chi connectivity index (χ3n) is 4.38. The highest BCUT2D eigenvalue weighted by Gasteiger charge is 2.27. The van der Waals surface area contributed by atoms with Gasteiger partial charge >= 0.3 is 0 Å². The number of ether oxygens (including phenoxy) is 1. The van der Waals surface area contributed by atoms with Crippen LogP contribution in [0.5, 0.6) is 5.75 Å². The van der Waals surface area contributed by atoms with Crippen molar-refractivity contribution in [3.8, 4) is 11.8 Å². The SMILES string of the molecule is N#C[C@H](c1ccccc1)N1CCN(C(=O)COc2ccccc2)CC1. The highest BCUT2D eigenvalue weighted by Crippen LogP contribution is 2.21. The van der Waals surface area contributed by atoms with E-state index in [9.17, 15) is 10.1 Å². The molecule has 5 heteroatoms. The Labute approximate surface area is 148 Å². The smallest absolute Gasteiger partial charge is 0.260 e. The Morgan fingerprint density at radius 1 is 1.00 bits per heavy atom. The van der Waals surface area contributed by atoms with Crippen LogP contribution in [0.2, 0.25) is 0 Å². The number of amides is 1. The minimum atomic E-state index is -0.265. The summed E-state index contributed by atoms with van der Waals surface area (Å²) in [5.74, 6) is 0.680. The molecular formula is C20H21N3O2. The lowest BCUT2D eigenvalue weighted by atomic mass is 10.1. The van der Waals surface area contributed by atoms with Crippen LogP contribution >= 0.6 is 0 Å². The van der Waals surface area contributed by atoms with Crippen molar-refractivity contribution < 1.29 is 9.53 Å². The summed E-state index contributed by atoms with van der Waals surface area (Å²) in [6.07, 6.45) is 0. The third-order valence-corrected chi connectivity index (χ3v) is 4.38. The number of nitrogens with zero attached hydrogens (tertiary/aromatic N) is 3. The maximum Gasteiger partial charge on any atom is 0.260 e. The van der Waals surface area contributed by atoms with Gasteiger partial charge in [-0.25, -0.2) is 0 Å². The number of hydrogen-bond acceptors (Lipinski definition) is 4. The Balaban J connectivity index is 1.51. The minimum Gasteiger partial charge on any atom is -0.484 e. The Morgan fingerprint density at radius 3 is 2.20 bits per heavy atom. The van der Waals surface area contributed by atoms with Crippen molar-refractivity contribution in [1.29, 1.82) is 5.26 Å². The van der Waals surface area contributed by atoms with Crippen molar-refractivity contribution in [3.05, 3.63) is 66.2 Å². The molecule has 0 radical (unpaired) electrons. The van der Waals surface area contributed by atoms with E-state index in [0.717, 1.165) is 5.56 Å². The second-order valence-electron chi connectivity index (χ2n) is 5.96. The first-order valence-corrected chi connectivity index (χ1v) is 8.42. The van der Waals surface area contributed by atoms with Crippen LogP contribution in [0.15, 0.2) is 60.7 Å². The molecule has 0 unspecified atom stereocenters. The summed E-state index contributed by atoms with van der Waals surface area (Å²) < 4.78 is 5.53. The molecule has 0 saturated carbocycles. The lowest BCUT2D eigenvalue weighted by Gasteiger charge is -2.37. The monoisotopic (exact) mass is 335 g/mol. The largest absolute Gasteiger partial charge is 0.484 e. The maximum atomic E-state index is 12.3. The molecule has 0 aliphatic carbocycles. The lowest BCUT2D eigenvalue weighted by Crippen LogP contribution is -2.50. The van der Waals surface area contributed by atoms with Crippen LogP contribution in [-0.4, -0.2) is 48.5 Å². The molecule has 1 aliphatic heterocycles. The van der Waals surface area contributed by atoms with Crippen LogP contribution in [0, 0.1) is 11.3 Å². The van der Waals surface area contributed by atoms with E-state index < -0.39 is 0 Å². The van der Waals surface area contributed by atoms with Crippen molar-refractivity contribution in [3.63, 3.8) is 0 Å². The number of hydrogen-bond donors (Lipinski definition) is 0. The fourth-order valence-electron chi connectivity index (χ4n) is 2.98. The molecule has 0 aromatic heterocycles. The molecular weight excluding hydrogens is 314 g/mol. The molecule has 128 valence electrons. The lowest BCUT2D eigenvalue weighted by molar-refractivity contribution is -0.135. The Bertz CT molecular complexity index is 720. The molecule has 0 N–H and O–H groups in total. The Hall–Kier alpha value is -2.84. The quantitative estimate of drug-likeness (QED) is 0.842. The second kappa shape index (κ2) is 8.32. The summed E-state index contributed by atoms with van der Waals surface area (Å²) in [5.41, 5.74) is 0.997. The van der Waals surface area contributed by atoms with E-state index in [1.165, 1.54) is 0 Å². The predicted octanol–water partition coefficient (Wildman–Crippen LogP) is 2.47. The molecule has 5 nitrogen and oxygen atoms in total. The topological polar surface area (TPSA) is 56.6 Å². The van der Waals surface area contributed by atoms with Crippen LogP contribution in [0.1, 0.15) is 11.6 Å². The zero-order valence-corrected chi connectivity index (χ0v) is 14.0. The summed E-state index contributed by atoms with van der Waals surface area (Å²) in [7, 11) is 0. The van der Waals surface area contributed by atoms with Gasteiger partial charge in [0.15, 0.2) is 6.61 Å². The van der Waals surface area contributed by atoms with Crippen LogP contribution < -0.4 is 4.74 Å². The molecule has 2 aromatic carbocycles. The average molecular weight is 335 g/mol. The average Bonchev–Trinajstić information content (AvgIpc) is 2.69. The van der Waals surface area contributed by atoms with E-state index in [1.54, 1.807) is 4.90 Å². The fraction of sp³-hybridized carbons (Fsp3) is 0.300. The molecule has 1 heterocycles. The molecule has 1 atom stereocenters. The van der Waals surface area contributed by atoms with Crippen LogP contribution in [-0.2, 0) is 4.79 Å². The van der Waals surface area contributed by atoms with Crippen molar-refractivity contribution >= 4 is 5.91 Å². The summed E-state index contributed by atoms with van der Waals surface area (Å²) in [6.45, 7) is 2.64. The van der Waals surface area contributed by atoms with E-state index >= 15 is 0 Å². The molecule has 25 heavy (non-hydrogen) atoms. The highest BCUT2D eigenvalue weighted by molar-refractivity contribution is 5.77. The van der Waals surface area contributed by atoms with Crippen LogP contribution in [0.4, 0.5) is 0 Å². The molecule has 1 aliphatic rings. The highest BCUT2D eigenvalue weighted by atomic mass is 16.5. The van der Waals surface area contributed by atoms with Gasteiger partial charge in [0.05, 0.1) is 6.07 Å². The van der Waals surface area contributed by atoms with Crippen LogP contribution in [0.3, 0.4) is 0 Å². The van der Waals surface area contributed by atoms with E-state index in [1.807, 2.05) is 60.7 Å². The van der Waals surface area contributed by atoms with E-state index in [2.05, 4.69) is 11.0 Å². The van der Waals surface area contributed by atoms with Gasteiger partial charge in [0, 0.05) is 26.2 Å². The van der Waals surface area contributed by atoms with Crippen molar-refractivity contribution in [1.82, 2.24) is 9.80 Å². The zero-order valence-electron chi connectivity index (χ0n) is 14.0. The number of piperazine rings is 1. The maximum absolute atomic E-state index is 12.3. The standard InChI is InChI=1S/C20H21N3O2/c21-15-19(17-7-3-1-4-8-17)22-11-13-23(14-12-22)20(24)16-25-18-9-5-2-6-10-18/h1-10,19H,11-14,16H2/t19-/m1/s1. The molecule has 2 aromatic rings. The first-order valence-electron chi connectivity index (χ1n) is 8.42. The first kappa shape index (κ1) is 17.0.